The molecule has 2 rings (SSSR count). The standard InChI is InChI=1S/C11H12N2O3/c1-7-8(4-6-14)11(16)13-5-2-3-9(15)10(13)12-7/h2,5,14H,3-4,6H2,1H3. The van der Waals surface area contributed by atoms with Crippen molar-refractivity contribution in [2.45, 2.75) is 19.8 Å². The second kappa shape index (κ2) is 4.02. The number of Topliss-reactive ketones (excluding diaryl/α,β-unsaturated/α-hetero) is 1. The van der Waals surface area contributed by atoms with E-state index in [2.05, 4.69) is 4.98 Å². The minimum absolute atomic E-state index is 0.102. The lowest BCUT2D eigenvalue weighted by Crippen LogP contribution is -2.30. The summed E-state index contributed by atoms with van der Waals surface area (Å²) in [7, 11) is 0. The second-order valence-corrected chi connectivity index (χ2v) is 3.66. The number of carbonyl (C=O) groups excluding carboxylic acids is 1. The van der Waals surface area contributed by atoms with Gasteiger partial charge in [0.2, 0.25) is 5.78 Å². The van der Waals surface area contributed by atoms with Gasteiger partial charge in [-0.3, -0.25) is 14.2 Å². The van der Waals surface area contributed by atoms with Gasteiger partial charge in [-0.1, -0.05) is 6.08 Å². The number of aromatic nitrogens is 2. The molecule has 2 heterocycles. The zero-order valence-corrected chi connectivity index (χ0v) is 8.93. The van der Waals surface area contributed by atoms with Crippen LogP contribution in [-0.2, 0) is 6.42 Å². The Morgan fingerprint density at radius 3 is 2.94 bits per heavy atom. The lowest BCUT2D eigenvalue weighted by molar-refractivity contribution is 0.0980. The number of ketones is 1. The third-order valence-corrected chi connectivity index (χ3v) is 2.58. The first kappa shape index (κ1) is 10.8. The fourth-order valence-electron chi connectivity index (χ4n) is 1.77. The van der Waals surface area contributed by atoms with Crippen molar-refractivity contribution in [3.8, 4) is 0 Å². The van der Waals surface area contributed by atoms with E-state index in [9.17, 15) is 9.59 Å². The largest absolute Gasteiger partial charge is 0.396 e. The number of aliphatic hydroxyl groups is 1. The highest BCUT2D eigenvalue weighted by atomic mass is 16.3. The molecule has 1 aromatic heterocycles. The van der Waals surface area contributed by atoms with E-state index in [4.69, 9.17) is 5.11 Å². The van der Waals surface area contributed by atoms with Gasteiger partial charge in [0.25, 0.3) is 5.56 Å². The molecule has 0 saturated carbocycles. The van der Waals surface area contributed by atoms with E-state index in [-0.39, 0.29) is 36.6 Å². The Kier molecular flexibility index (Phi) is 2.70. The van der Waals surface area contributed by atoms with Gasteiger partial charge in [-0.25, -0.2) is 4.98 Å². The Bertz CT molecular complexity index is 529. The molecule has 0 bridgehead atoms. The monoisotopic (exact) mass is 220 g/mol. The summed E-state index contributed by atoms with van der Waals surface area (Å²) in [5.74, 6) is 0.0324. The van der Waals surface area contributed by atoms with Crippen LogP contribution in [0, 0.1) is 6.92 Å². The fraction of sp³-hybridized carbons (Fsp3) is 0.364. The highest BCUT2D eigenvalue weighted by Gasteiger charge is 2.19. The predicted molar refractivity (Wildman–Crippen MR) is 58.3 cm³/mol. The van der Waals surface area contributed by atoms with Crippen molar-refractivity contribution in [2.24, 2.45) is 0 Å². The van der Waals surface area contributed by atoms with Gasteiger partial charge in [-0.05, 0) is 6.92 Å². The summed E-state index contributed by atoms with van der Waals surface area (Å²) in [6.45, 7) is 1.58. The summed E-state index contributed by atoms with van der Waals surface area (Å²) in [5.41, 5.74) is 0.723. The first-order chi connectivity index (χ1) is 7.65. The number of hydrogen-bond acceptors (Lipinski definition) is 4. The van der Waals surface area contributed by atoms with Crippen molar-refractivity contribution in [1.82, 2.24) is 9.55 Å². The highest BCUT2D eigenvalue weighted by molar-refractivity contribution is 5.96. The number of hydrogen-bond donors (Lipinski definition) is 1. The van der Waals surface area contributed by atoms with Crippen LogP contribution in [0.15, 0.2) is 10.9 Å². The molecule has 0 amide bonds. The van der Waals surface area contributed by atoms with Crippen LogP contribution in [0.25, 0.3) is 6.20 Å². The number of rotatable bonds is 2. The van der Waals surface area contributed by atoms with Crippen molar-refractivity contribution in [3.05, 3.63) is 33.5 Å². The van der Waals surface area contributed by atoms with Crippen LogP contribution in [-0.4, -0.2) is 27.0 Å². The van der Waals surface area contributed by atoms with Crippen LogP contribution in [0.5, 0.6) is 0 Å². The molecular weight excluding hydrogens is 208 g/mol. The maximum absolute atomic E-state index is 12.0. The Morgan fingerprint density at radius 2 is 2.25 bits per heavy atom. The van der Waals surface area contributed by atoms with Crippen molar-refractivity contribution < 1.29 is 9.90 Å². The van der Waals surface area contributed by atoms with Crippen LogP contribution in [0.3, 0.4) is 0 Å². The van der Waals surface area contributed by atoms with Gasteiger partial charge >= 0.3 is 0 Å². The Balaban J connectivity index is 2.69. The van der Waals surface area contributed by atoms with Gasteiger partial charge in [0.15, 0.2) is 5.82 Å². The molecule has 0 aliphatic carbocycles. The van der Waals surface area contributed by atoms with Crippen molar-refractivity contribution in [3.63, 3.8) is 0 Å². The number of nitrogens with zero attached hydrogens (tertiary/aromatic N) is 2. The molecule has 1 N–H and O–H groups in total. The second-order valence-electron chi connectivity index (χ2n) is 3.66. The maximum atomic E-state index is 12.0. The molecule has 0 aromatic carbocycles. The lowest BCUT2D eigenvalue weighted by atomic mass is 10.1. The third-order valence-electron chi connectivity index (χ3n) is 2.58. The molecule has 1 aliphatic heterocycles. The van der Waals surface area contributed by atoms with Gasteiger partial charge in [-0.2, -0.15) is 0 Å². The van der Waals surface area contributed by atoms with Crippen LogP contribution in [0.4, 0.5) is 0 Å². The number of aryl methyl sites for hydroxylation is 1. The quantitative estimate of drug-likeness (QED) is 0.769. The summed E-state index contributed by atoms with van der Waals surface area (Å²) in [6, 6.07) is 0. The van der Waals surface area contributed by atoms with Gasteiger partial charge in [0.05, 0.1) is 0 Å². The summed E-state index contributed by atoms with van der Waals surface area (Å²) in [5, 5.41) is 8.86. The van der Waals surface area contributed by atoms with E-state index in [0.717, 1.165) is 0 Å². The van der Waals surface area contributed by atoms with Crippen molar-refractivity contribution >= 4 is 12.0 Å². The minimum Gasteiger partial charge on any atom is -0.396 e. The number of carbonyl (C=O) groups is 1. The smallest absolute Gasteiger partial charge is 0.261 e. The molecule has 84 valence electrons. The summed E-state index contributed by atoms with van der Waals surface area (Å²) in [6.07, 6.45) is 3.74. The molecular formula is C11H12N2O3. The lowest BCUT2D eigenvalue weighted by Gasteiger charge is -2.13. The van der Waals surface area contributed by atoms with Gasteiger partial charge in [-0.15, -0.1) is 0 Å². The third kappa shape index (κ3) is 1.59. The van der Waals surface area contributed by atoms with Crippen molar-refractivity contribution in [1.29, 1.82) is 0 Å². The molecule has 0 radical (unpaired) electrons. The van der Waals surface area contributed by atoms with Crippen LogP contribution >= 0.6 is 0 Å². The minimum atomic E-state index is -0.263. The van der Waals surface area contributed by atoms with Gasteiger partial charge < -0.3 is 5.11 Å². The molecule has 1 aliphatic rings. The van der Waals surface area contributed by atoms with E-state index in [0.29, 0.717) is 11.3 Å². The molecule has 0 fully saturated rings. The van der Waals surface area contributed by atoms with Crippen molar-refractivity contribution in [2.75, 3.05) is 6.61 Å². The predicted octanol–water partition coefficient (Wildman–Crippen LogP) is 0.144. The molecule has 0 atom stereocenters. The summed E-state index contributed by atoms with van der Waals surface area (Å²) in [4.78, 5) is 27.6. The van der Waals surface area contributed by atoms with Crippen LogP contribution < -0.4 is 5.56 Å². The molecule has 0 spiro atoms. The molecule has 0 unspecified atom stereocenters. The first-order valence-electron chi connectivity index (χ1n) is 5.08. The van der Waals surface area contributed by atoms with E-state index < -0.39 is 0 Å². The SMILES string of the molecule is Cc1nc2n(c(=O)c1CCO)C=CCC2=O. The zero-order valence-electron chi connectivity index (χ0n) is 8.93. The van der Waals surface area contributed by atoms with Crippen LogP contribution in [0.2, 0.25) is 0 Å². The molecule has 1 aromatic rings. The number of fused-ring (bicyclic) bond motifs is 1. The average Bonchev–Trinajstić information content (AvgIpc) is 2.26. The maximum Gasteiger partial charge on any atom is 0.261 e. The fourth-order valence-corrected chi connectivity index (χ4v) is 1.77. The normalized spacial score (nSPS) is 14.0. The summed E-state index contributed by atoms with van der Waals surface area (Å²) >= 11 is 0. The van der Waals surface area contributed by atoms with E-state index >= 15 is 0 Å². The van der Waals surface area contributed by atoms with E-state index in [1.165, 1.54) is 4.57 Å². The van der Waals surface area contributed by atoms with Crippen LogP contribution in [0.1, 0.15) is 28.3 Å². The first-order valence-corrected chi connectivity index (χ1v) is 5.08. The average molecular weight is 220 g/mol. The van der Waals surface area contributed by atoms with Gasteiger partial charge in [0, 0.05) is 36.9 Å². The van der Waals surface area contributed by atoms with E-state index in [1.807, 2.05) is 0 Å². The molecule has 5 heteroatoms. The Labute approximate surface area is 92.1 Å². The molecule has 0 saturated heterocycles. The van der Waals surface area contributed by atoms with Gasteiger partial charge in [0.1, 0.15) is 0 Å². The zero-order chi connectivity index (χ0) is 11.7. The Morgan fingerprint density at radius 1 is 1.50 bits per heavy atom. The number of allylic oxidation sites excluding steroid dienone is 1. The number of aliphatic hydroxyl groups excluding tert-OH is 1. The molecule has 5 nitrogen and oxygen atoms in total. The highest BCUT2D eigenvalue weighted by Crippen LogP contribution is 2.10. The molecule has 16 heavy (non-hydrogen) atoms. The Hall–Kier alpha value is -1.75. The van der Waals surface area contributed by atoms with E-state index in [1.54, 1.807) is 19.2 Å². The summed E-state index contributed by atoms with van der Waals surface area (Å²) < 4.78 is 1.25. The topological polar surface area (TPSA) is 72.2 Å².